The normalized spacial score (nSPS) is 17.2. The van der Waals surface area contributed by atoms with Crippen LogP contribution in [0.2, 0.25) is 5.02 Å². The first-order chi connectivity index (χ1) is 13.1. The Bertz CT molecular complexity index is 887. The summed E-state index contributed by atoms with van der Waals surface area (Å²) in [7, 11) is 1.70. The van der Waals surface area contributed by atoms with Crippen molar-refractivity contribution in [2.45, 2.75) is 31.7 Å². The Morgan fingerprint density at radius 1 is 1.22 bits per heavy atom. The predicted octanol–water partition coefficient (Wildman–Crippen LogP) is 3.32. The van der Waals surface area contributed by atoms with E-state index in [1.807, 2.05) is 18.2 Å². The van der Waals surface area contributed by atoms with Gasteiger partial charge in [0.25, 0.3) is 5.56 Å². The van der Waals surface area contributed by atoms with Gasteiger partial charge in [-0.15, -0.1) is 0 Å². The van der Waals surface area contributed by atoms with Crippen LogP contribution < -0.4 is 10.9 Å². The predicted molar refractivity (Wildman–Crippen MR) is 107 cm³/mol. The summed E-state index contributed by atoms with van der Waals surface area (Å²) in [6.45, 7) is 0.736. The molecule has 5 nitrogen and oxygen atoms in total. The maximum atomic E-state index is 12.0. The third kappa shape index (κ3) is 5.08. The number of aryl methyl sites for hydroxylation is 1. The molecule has 3 rings (SSSR count). The molecule has 0 aliphatic carbocycles. The number of benzene rings is 1. The van der Waals surface area contributed by atoms with Crippen molar-refractivity contribution in [1.82, 2.24) is 10.3 Å². The van der Waals surface area contributed by atoms with Gasteiger partial charge in [-0.2, -0.15) is 0 Å². The molecule has 1 atom stereocenters. The zero-order chi connectivity index (χ0) is 19.2. The molecule has 0 radical (unpaired) electrons. The third-order valence-electron chi connectivity index (χ3n) is 4.63. The van der Waals surface area contributed by atoms with E-state index >= 15 is 0 Å². The number of aromatic nitrogens is 1. The van der Waals surface area contributed by atoms with E-state index in [4.69, 9.17) is 16.3 Å². The van der Waals surface area contributed by atoms with Crippen LogP contribution in [0.25, 0.3) is 5.57 Å². The quantitative estimate of drug-likeness (QED) is 0.717. The number of nitrogens with one attached hydrogen (secondary N) is 2. The van der Waals surface area contributed by atoms with Gasteiger partial charge >= 0.3 is 0 Å². The fraction of sp³-hybridized carbons (Fsp3) is 0.333. The van der Waals surface area contributed by atoms with Crippen molar-refractivity contribution in [3.63, 3.8) is 0 Å². The third-order valence-corrected chi connectivity index (χ3v) is 4.92. The highest BCUT2D eigenvalue weighted by Gasteiger charge is 2.20. The summed E-state index contributed by atoms with van der Waals surface area (Å²) >= 11 is 5.87. The minimum absolute atomic E-state index is 0.0481. The number of carbonyl (C=O) groups excluding carboxylic acids is 1. The molecule has 0 unspecified atom stereocenters. The lowest BCUT2D eigenvalue weighted by atomic mass is 9.97. The van der Waals surface area contributed by atoms with Gasteiger partial charge in [-0.3, -0.25) is 9.59 Å². The molecule has 1 aromatic carbocycles. The van der Waals surface area contributed by atoms with E-state index in [-0.39, 0.29) is 22.5 Å². The molecule has 1 saturated heterocycles. The second-order valence-electron chi connectivity index (χ2n) is 6.64. The summed E-state index contributed by atoms with van der Waals surface area (Å²) < 4.78 is 5.10. The highest BCUT2D eigenvalue weighted by Crippen LogP contribution is 2.25. The van der Waals surface area contributed by atoms with Crippen molar-refractivity contribution in [2.24, 2.45) is 0 Å². The van der Waals surface area contributed by atoms with E-state index in [1.54, 1.807) is 19.2 Å². The number of amides is 1. The minimum atomic E-state index is -0.327. The summed E-state index contributed by atoms with van der Waals surface area (Å²) in [5.41, 5.74) is 3.43. The topological polar surface area (TPSA) is 71.2 Å². The Morgan fingerprint density at radius 2 is 2.00 bits per heavy atom. The van der Waals surface area contributed by atoms with E-state index in [0.29, 0.717) is 12.1 Å². The standard InChI is InChI=1S/C21H23ClN2O3/c1-27-12-2-3-14-4-6-15(7-5-14)17(13-16-8-11-20(25)23-16)19-10-9-18(22)21(26)24-19/h4-7,9-10,13,16H,2-3,8,11-12H2,1H3,(H,23,25)(H,24,26)/b17-13-/t16-/m1/s1. The Kier molecular flexibility index (Phi) is 6.48. The van der Waals surface area contributed by atoms with Gasteiger partial charge in [0, 0.05) is 37.4 Å². The van der Waals surface area contributed by atoms with Gasteiger partial charge < -0.3 is 15.0 Å². The maximum absolute atomic E-state index is 12.0. The Hall–Kier alpha value is -2.37. The highest BCUT2D eigenvalue weighted by atomic mass is 35.5. The second kappa shape index (κ2) is 9.02. The van der Waals surface area contributed by atoms with Gasteiger partial charge in [0.2, 0.25) is 5.91 Å². The van der Waals surface area contributed by atoms with E-state index in [2.05, 4.69) is 22.4 Å². The van der Waals surface area contributed by atoms with Crippen molar-refractivity contribution >= 4 is 23.1 Å². The molecule has 6 heteroatoms. The SMILES string of the molecule is COCCCc1ccc(/C(=C/[C@H]2CCC(=O)N2)c2ccc(Cl)c(=O)[nH]2)cc1. The van der Waals surface area contributed by atoms with Gasteiger partial charge in [0.1, 0.15) is 5.02 Å². The van der Waals surface area contributed by atoms with Crippen molar-refractivity contribution in [1.29, 1.82) is 0 Å². The number of pyridine rings is 1. The first kappa shape index (κ1) is 19.4. The van der Waals surface area contributed by atoms with Crippen molar-refractivity contribution in [2.75, 3.05) is 13.7 Å². The number of halogens is 1. The molecule has 2 N–H and O–H groups in total. The van der Waals surface area contributed by atoms with Gasteiger partial charge in [0.15, 0.2) is 0 Å². The smallest absolute Gasteiger partial charge is 0.267 e. The fourth-order valence-electron chi connectivity index (χ4n) is 3.19. The van der Waals surface area contributed by atoms with Crippen LogP contribution in [0.3, 0.4) is 0 Å². The number of carbonyl (C=O) groups is 1. The summed E-state index contributed by atoms with van der Waals surface area (Å²) in [5.74, 6) is 0.0497. The van der Waals surface area contributed by atoms with Crippen LogP contribution in [0.4, 0.5) is 0 Å². The number of hydrogen-bond acceptors (Lipinski definition) is 3. The first-order valence-corrected chi connectivity index (χ1v) is 9.43. The average molecular weight is 387 g/mol. The van der Waals surface area contributed by atoms with Crippen molar-refractivity contribution in [3.05, 3.63) is 74.7 Å². The van der Waals surface area contributed by atoms with E-state index in [9.17, 15) is 9.59 Å². The molecule has 1 amide bonds. The van der Waals surface area contributed by atoms with Crippen LogP contribution >= 0.6 is 11.6 Å². The zero-order valence-corrected chi connectivity index (χ0v) is 16.0. The zero-order valence-electron chi connectivity index (χ0n) is 15.3. The van der Waals surface area contributed by atoms with Crippen LogP contribution in [0, 0.1) is 0 Å². The number of H-pyrrole nitrogens is 1. The second-order valence-corrected chi connectivity index (χ2v) is 7.04. The first-order valence-electron chi connectivity index (χ1n) is 9.05. The lowest BCUT2D eigenvalue weighted by molar-refractivity contribution is -0.119. The molecule has 1 aliphatic rings. The van der Waals surface area contributed by atoms with Crippen LogP contribution in [0.15, 0.2) is 47.3 Å². The average Bonchev–Trinajstić information content (AvgIpc) is 3.08. The number of rotatable bonds is 7. The monoisotopic (exact) mass is 386 g/mol. The molecule has 2 heterocycles. The van der Waals surface area contributed by atoms with Crippen LogP contribution in [0.5, 0.6) is 0 Å². The molecule has 0 saturated carbocycles. The molecule has 1 aliphatic heterocycles. The fourth-order valence-corrected chi connectivity index (χ4v) is 3.30. The summed E-state index contributed by atoms with van der Waals surface area (Å²) in [4.78, 5) is 26.4. The molecule has 0 spiro atoms. The van der Waals surface area contributed by atoms with E-state index in [1.165, 1.54) is 5.56 Å². The maximum Gasteiger partial charge on any atom is 0.267 e. The number of ether oxygens (including phenoxy) is 1. The molecule has 142 valence electrons. The lowest BCUT2D eigenvalue weighted by Gasteiger charge is -2.13. The molecule has 2 aromatic rings. The van der Waals surface area contributed by atoms with Crippen LogP contribution in [0.1, 0.15) is 36.1 Å². The van der Waals surface area contributed by atoms with E-state index < -0.39 is 0 Å². The molecule has 1 fully saturated rings. The largest absolute Gasteiger partial charge is 0.385 e. The summed E-state index contributed by atoms with van der Waals surface area (Å²) in [6.07, 6.45) is 5.18. The molecular formula is C21H23ClN2O3. The van der Waals surface area contributed by atoms with Crippen molar-refractivity contribution < 1.29 is 9.53 Å². The summed E-state index contributed by atoms with van der Waals surface area (Å²) in [6, 6.07) is 11.6. The van der Waals surface area contributed by atoms with Gasteiger partial charge in [0.05, 0.1) is 0 Å². The summed E-state index contributed by atoms with van der Waals surface area (Å²) in [5, 5.41) is 3.10. The minimum Gasteiger partial charge on any atom is -0.385 e. The van der Waals surface area contributed by atoms with Gasteiger partial charge in [-0.05, 0) is 42.5 Å². The molecular weight excluding hydrogens is 364 g/mol. The van der Waals surface area contributed by atoms with Crippen LogP contribution in [-0.4, -0.2) is 30.6 Å². The number of aromatic amines is 1. The van der Waals surface area contributed by atoms with E-state index in [0.717, 1.165) is 37.0 Å². The number of hydrogen-bond donors (Lipinski definition) is 2. The molecule has 27 heavy (non-hydrogen) atoms. The Balaban J connectivity index is 1.91. The van der Waals surface area contributed by atoms with Crippen LogP contribution in [-0.2, 0) is 16.0 Å². The number of methoxy groups -OCH3 is 1. The highest BCUT2D eigenvalue weighted by molar-refractivity contribution is 6.30. The lowest BCUT2D eigenvalue weighted by Crippen LogP contribution is -2.23. The Morgan fingerprint density at radius 3 is 2.63 bits per heavy atom. The molecule has 1 aromatic heterocycles. The van der Waals surface area contributed by atoms with Crippen molar-refractivity contribution in [3.8, 4) is 0 Å². The van der Waals surface area contributed by atoms with Gasteiger partial charge in [-0.25, -0.2) is 0 Å². The Labute approximate surface area is 163 Å². The van der Waals surface area contributed by atoms with Gasteiger partial charge in [-0.1, -0.05) is 41.9 Å². The molecule has 0 bridgehead atoms.